The smallest absolute Gasteiger partial charge is 0.155 e. The molecule has 0 N–H and O–H groups in total. The van der Waals surface area contributed by atoms with Gasteiger partial charge in [0.15, 0.2) is 5.78 Å². The predicted octanol–water partition coefficient (Wildman–Crippen LogP) is 4.25. The Morgan fingerprint density at radius 2 is 1.91 bits per heavy atom. The van der Waals surface area contributed by atoms with E-state index in [1.807, 2.05) is 6.08 Å². The number of hydrogen-bond donors (Lipinski definition) is 0. The third-order valence-electron chi connectivity index (χ3n) is 7.73. The van der Waals surface area contributed by atoms with Crippen LogP contribution in [-0.2, 0) is 9.59 Å². The summed E-state index contributed by atoms with van der Waals surface area (Å²) >= 11 is 0. The first kappa shape index (κ1) is 14.4. The van der Waals surface area contributed by atoms with E-state index in [2.05, 4.69) is 19.9 Å². The van der Waals surface area contributed by atoms with Crippen LogP contribution in [0.1, 0.15) is 58.8 Å². The molecular weight excluding hydrogens is 272 g/mol. The van der Waals surface area contributed by atoms with Crippen molar-refractivity contribution in [1.29, 1.82) is 0 Å². The van der Waals surface area contributed by atoms with Crippen molar-refractivity contribution in [3.8, 4) is 0 Å². The second-order valence-corrected chi connectivity index (χ2v) is 8.44. The van der Waals surface area contributed by atoms with Gasteiger partial charge in [-0.05, 0) is 78.8 Å². The summed E-state index contributed by atoms with van der Waals surface area (Å²) in [6.45, 7) is 4.73. The van der Waals surface area contributed by atoms with Gasteiger partial charge >= 0.3 is 0 Å². The van der Waals surface area contributed by atoms with Gasteiger partial charge < -0.3 is 0 Å². The maximum atomic E-state index is 11.8. The van der Waals surface area contributed by atoms with Crippen LogP contribution in [0.3, 0.4) is 0 Å². The van der Waals surface area contributed by atoms with Crippen LogP contribution in [0.5, 0.6) is 0 Å². The molecule has 4 aliphatic rings. The molecule has 0 bridgehead atoms. The monoisotopic (exact) mass is 298 g/mol. The topological polar surface area (TPSA) is 34.1 Å². The van der Waals surface area contributed by atoms with Gasteiger partial charge in [-0.3, -0.25) is 9.59 Å². The number of allylic oxidation sites excluding steroid dienone is 4. The third kappa shape index (κ3) is 1.73. The fourth-order valence-electron chi connectivity index (χ4n) is 6.34. The quantitative estimate of drug-likeness (QED) is 0.678. The van der Waals surface area contributed by atoms with Crippen molar-refractivity contribution in [1.82, 2.24) is 0 Å². The van der Waals surface area contributed by atoms with Crippen molar-refractivity contribution >= 4 is 12.1 Å². The lowest BCUT2D eigenvalue weighted by atomic mass is 9.47. The summed E-state index contributed by atoms with van der Waals surface area (Å²) < 4.78 is 0. The summed E-state index contributed by atoms with van der Waals surface area (Å²) in [5.41, 5.74) is 2.84. The molecule has 2 fully saturated rings. The molecule has 0 aromatic heterocycles. The van der Waals surface area contributed by atoms with Crippen LogP contribution < -0.4 is 0 Å². The van der Waals surface area contributed by atoms with Crippen LogP contribution in [0.4, 0.5) is 0 Å². The molecule has 118 valence electrons. The molecule has 2 heteroatoms. The van der Waals surface area contributed by atoms with Gasteiger partial charge in [-0.25, -0.2) is 0 Å². The second-order valence-electron chi connectivity index (χ2n) is 8.44. The first-order chi connectivity index (χ1) is 10.5. The first-order valence-electron chi connectivity index (χ1n) is 8.89. The molecule has 2 saturated carbocycles. The van der Waals surface area contributed by atoms with E-state index in [1.54, 1.807) is 0 Å². The van der Waals surface area contributed by atoms with Crippen molar-refractivity contribution in [2.45, 2.75) is 58.8 Å². The Hall–Kier alpha value is -1.18. The van der Waals surface area contributed by atoms with Crippen LogP contribution >= 0.6 is 0 Å². The van der Waals surface area contributed by atoms with Gasteiger partial charge in [-0.15, -0.1) is 0 Å². The molecule has 0 saturated heterocycles. The SMILES string of the molecule is C[C@]12CCC(=O)C=C1CC[C@@H]1[C@@H]2CC[C@]2(C)C(C=O)=CC[C@@H]12. The third-order valence-corrected chi connectivity index (χ3v) is 7.73. The summed E-state index contributed by atoms with van der Waals surface area (Å²) in [7, 11) is 0. The normalized spacial score (nSPS) is 47.0. The summed E-state index contributed by atoms with van der Waals surface area (Å²) in [6.07, 6.45) is 12.8. The number of carbonyl (C=O) groups is 2. The van der Waals surface area contributed by atoms with Crippen LogP contribution in [-0.4, -0.2) is 12.1 Å². The highest BCUT2D eigenvalue weighted by Crippen LogP contribution is 2.64. The molecule has 0 unspecified atom stereocenters. The van der Waals surface area contributed by atoms with Crippen molar-refractivity contribution in [2.24, 2.45) is 28.6 Å². The minimum absolute atomic E-state index is 0.116. The summed E-state index contributed by atoms with van der Waals surface area (Å²) in [6, 6.07) is 0. The molecule has 0 aromatic carbocycles. The molecule has 0 spiro atoms. The summed E-state index contributed by atoms with van der Waals surface area (Å²) in [4.78, 5) is 23.3. The zero-order valence-electron chi connectivity index (χ0n) is 13.7. The van der Waals surface area contributed by atoms with Gasteiger partial charge in [0.1, 0.15) is 6.29 Å². The van der Waals surface area contributed by atoms with Crippen molar-refractivity contribution in [3.05, 3.63) is 23.3 Å². The Morgan fingerprint density at radius 1 is 1.09 bits per heavy atom. The predicted molar refractivity (Wildman–Crippen MR) is 86.2 cm³/mol. The average molecular weight is 298 g/mol. The minimum Gasteiger partial charge on any atom is -0.298 e. The fourth-order valence-corrected chi connectivity index (χ4v) is 6.34. The van der Waals surface area contributed by atoms with Gasteiger partial charge in [0, 0.05) is 6.42 Å². The largest absolute Gasteiger partial charge is 0.298 e. The number of aldehydes is 1. The highest BCUT2D eigenvalue weighted by Gasteiger charge is 2.56. The van der Waals surface area contributed by atoms with Gasteiger partial charge in [0.2, 0.25) is 0 Å². The summed E-state index contributed by atoms with van der Waals surface area (Å²) in [5.74, 6) is 2.40. The van der Waals surface area contributed by atoms with E-state index in [4.69, 9.17) is 0 Å². The fraction of sp³-hybridized carbons (Fsp3) is 0.700. The standard InChI is InChI=1S/C20H26O2/c1-19-9-7-15(22)11-13(19)3-5-16-17-6-4-14(12-21)20(17,2)10-8-18(16)19/h4,11-12,16-18H,3,5-10H2,1-2H3/t16-,17-,18-,19-,20+/m0/s1. The van der Waals surface area contributed by atoms with Crippen molar-refractivity contribution < 1.29 is 9.59 Å². The zero-order chi connectivity index (χ0) is 15.5. The van der Waals surface area contributed by atoms with E-state index in [0.717, 1.165) is 49.9 Å². The highest BCUT2D eigenvalue weighted by atomic mass is 16.1. The molecule has 0 aromatic rings. The maximum Gasteiger partial charge on any atom is 0.155 e. The molecule has 0 radical (unpaired) electrons. The zero-order valence-corrected chi connectivity index (χ0v) is 13.7. The Kier molecular flexibility index (Phi) is 3.05. The van der Waals surface area contributed by atoms with Gasteiger partial charge in [0.05, 0.1) is 0 Å². The van der Waals surface area contributed by atoms with Gasteiger partial charge in [-0.1, -0.05) is 25.5 Å². The first-order valence-corrected chi connectivity index (χ1v) is 8.89. The number of ketones is 1. The minimum atomic E-state index is 0.116. The van der Waals surface area contributed by atoms with Crippen LogP contribution in [0.15, 0.2) is 23.3 Å². The van der Waals surface area contributed by atoms with Crippen LogP contribution in [0.2, 0.25) is 0 Å². The molecule has 5 atom stereocenters. The van der Waals surface area contributed by atoms with Gasteiger partial charge in [-0.2, -0.15) is 0 Å². The molecular formula is C20H26O2. The molecule has 4 aliphatic carbocycles. The maximum absolute atomic E-state index is 11.8. The molecule has 0 amide bonds. The van der Waals surface area contributed by atoms with E-state index in [0.29, 0.717) is 17.6 Å². The number of hydrogen-bond acceptors (Lipinski definition) is 2. The number of fused-ring (bicyclic) bond motifs is 5. The van der Waals surface area contributed by atoms with E-state index >= 15 is 0 Å². The van der Waals surface area contributed by atoms with E-state index in [9.17, 15) is 9.59 Å². The lowest BCUT2D eigenvalue weighted by Crippen LogP contribution is -2.50. The lowest BCUT2D eigenvalue weighted by molar-refractivity contribution is -0.117. The van der Waals surface area contributed by atoms with E-state index in [-0.39, 0.29) is 10.8 Å². The lowest BCUT2D eigenvalue weighted by Gasteiger charge is -2.57. The molecule has 2 nitrogen and oxygen atoms in total. The highest BCUT2D eigenvalue weighted by molar-refractivity contribution is 5.91. The van der Waals surface area contributed by atoms with Crippen molar-refractivity contribution in [2.75, 3.05) is 0 Å². The Labute approximate surface area is 133 Å². The van der Waals surface area contributed by atoms with Gasteiger partial charge in [0.25, 0.3) is 0 Å². The van der Waals surface area contributed by atoms with Crippen LogP contribution in [0, 0.1) is 28.6 Å². The Balaban J connectivity index is 1.69. The van der Waals surface area contributed by atoms with Crippen LogP contribution in [0.25, 0.3) is 0 Å². The Morgan fingerprint density at radius 3 is 2.68 bits per heavy atom. The van der Waals surface area contributed by atoms with E-state index in [1.165, 1.54) is 18.4 Å². The number of carbonyl (C=O) groups excluding carboxylic acids is 2. The summed E-state index contributed by atoms with van der Waals surface area (Å²) in [5, 5.41) is 0. The average Bonchev–Trinajstić information content (AvgIpc) is 2.84. The Bertz CT molecular complexity index is 599. The number of rotatable bonds is 1. The van der Waals surface area contributed by atoms with E-state index < -0.39 is 0 Å². The molecule has 0 heterocycles. The molecule has 4 rings (SSSR count). The molecule has 0 aliphatic heterocycles. The second kappa shape index (κ2) is 4.66. The van der Waals surface area contributed by atoms with Crippen molar-refractivity contribution in [3.63, 3.8) is 0 Å². The molecule has 22 heavy (non-hydrogen) atoms.